The standard InChI is InChI=1S/C32H27FN4O2/c1-20-14-29-22(17-35-37(29)24-10-8-23(33)9-11-24)15-26(20)32-19-36(31(38)28-16-25(39-2)12-13-34-28)18-27(32)30(32)21-6-4-3-5-7-21/h3-17,27,30H,18-19H2,1-2H3/t27-,30-,32+/m0/s1. The van der Waals surface area contributed by atoms with E-state index in [1.807, 2.05) is 21.8 Å². The van der Waals surface area contributed by atoms with Gasteiger partial charge >= 0.3 is 0 Å². The van der Waals surface area contributed by atoms with Crippen LogP contribution in [0.2, 0.25) is 0 Å². The number of carbonyl (C=O) groups excluding carboxylic acids is 1. The Bertz CT molecular complexity index is 1720. The van der Waals surface area contributed by atoms with Crippen molar-refractivity contribution in [2.75, 3.05) is 20.2 Å². The maximum absolute atomic E-state index is 13.5. The van der Waals surface area contributed by atoms with Crippen LogP contribution in [0.15, 0.2) is 91.3 Å². The van der Waals surface area contributed by atoms with Crippen LogP contribution in [0.4, 0.5) is 4.39 Å². The maximum atomic E-state index is 13.5. The molecule has 2 fully saturated rings. The van der Waals surface area contributed by atoms with Gasteiger partial charge in [-0.15, -0.1) is 0 Å². The molecule has 1 aliphatic heterocycles. The molecule has 1 aliphatic carbocycles. The van der Waals surface area contributed by atoms with Gasteiger partial charge < -0.3 is 9.64 Å². The summed E-state index contributed by atoms with van der Waals surface area (Å²) in [5.74, 6) is 0.898. The average Bonchev–Trinajstić information content (AvgIpc) is 3.23. The highest BCUT2D eigenvalue weighted by atomic mass is 19.1. The lowest BCUT2D eigenvalue weighted by Crippen LogP contribution is -2.35. The van der Waals surface area contributed by atoms with Crippen LogP contribution in [0.1, 0.15) is 33.1 Å². The summed E-state index contributed by atoms with van der Waals surface area (Å²) in [5, 5.41) is 5.65. The number of hydrogen-bond donors (Lipinski definition) is 0. The summed E-state index contributed by atoms with van der Waals surface area (Å²) in [7, 11) is 1.59. The molecule has 2 aromatic heterocycles. The van der Waals surface area contributed by atoms with E-state index in [2.05, 4.69) is 53.4 Å². The number of nitrogens with zero attached hydrogens (tertiary/aromatic N) is 4. The second kappa shape index (κ2) is 8.76. The number of hydrogen-bond acceptors (Lipinski definition) is 4. The van der Waals surface area contributed by atoms with Gasteiger partial charge in [0.2, 0.25) is 0 Å². The third-order valence-electron chi connectivity index (χ3n) is 8.50. The smallest absolute Gasteiger partial charge is 0.272 e. The molecule has 2 aliphatic rings. The SMILES string of the molecule is COc1ccnc(C(=O)N2C[C@H]3[C@H](c4ccccc4)[C@@]3(c3cc4cnn(-c5ccc(F)cc5)c4cc3C)C2)c1. The van der Waals surface area contributed by atoms with Gasteiger partial charge in [0.15, 0.2) is 0 Å². The zero-order valence-corrected chi connectivity index (χ0v) is 21.7. The van der Waals surface area contributed by atoms with Gasteiger partial charge in [0.1, 0.15) is 17.3 Å². The van der Waals surface area contributed by atoms with E-state index in [0.29, 0.717) is 36.4 Å². The first-order chi connectivity index (χ1) is 19.0. The zero-order valence-electron chi connectivity index (χ0n) is 21.7. The van der Waals surface area contributed by atoms with Crippen molar-refractivity contribution in [3.8, 4) is 11.4 Å². The first-order valence-corrected chi connectivity index (χ1v) is 13.1. The minimum Gasteiger partial charge on any atom is -0.497 e. The van der Waals surface area contributed by atoms with E-state index in [0.717, 1.165) is 22.2 Å². The Hall–Kier alpha value is -4.52. The highest BCUT2D eigenvalue weighted by molar-refractivity contribution is 5.93. The van der Waals surface area contributed by atoms with Gasteiger partial charge in [-0.25, -0.2) is 9.07 Å². The Morgan fingerprint density at radius 1 is 1.05 bits per heavy atom. The number of rotatable bonds is 5. The average molecular weight is 519 g/mol. The van der Waals surface area contributed by atoms with Gasteiger partial charge in [-0.1, -0.05) is 30.3 Å². The maximum Gasteiger partial charge on any atom is 0.272 e. The van der Waals surface area contributed by atoms with Gasteiger partial charge in [0.25, 0.3) is 5.91 Å². The molecule has 3 atom stereocenters. The Morgan fingerprint density at radius 3 is 2.62 bits per heavy atom. The highest BCUT2D eigenvalue weighted by Crippen LogP contribution is 2.69. The van der Waals surface area contributed by atoms with E-state index < -0.39 is 0 Å². The van der Waals surface area contributed by atoms with Gasteiger partial charge in [-0.05, 0) is 72.0 Å². The van der Waals surface area contributed by atoms with Crippen molar-refractivity contribution in [2.45, 2.75) is 18.3 Å². The fraction of sp³-hybridized carbons (Fsp3) is 0.219. The van der Waals surface area contributed by atoms with Crippen molar-refractivity contribution >= 4 is 16.8 Å². The number of pyridine rings is 1. The van der Waals surface area contributed by atoms with Crippen LogP contribution in [0.3, 0.4) is 0 Å². The van der Waals surface area contributed by atoms with Crippen LogP contribution < -0.4 is 4.74 Å². The van der Waals surface area contributed by atoms with Crippen LogP contribution in [-0.2, 0) is 5.41 Å². The molecule has 0 bridgehead atoms. The molecular weight excluding hydrogens is 491 g/mol. The monoisotopic (exact) mass is 518 g/mol. The molecule has 1 amide bonds. The van der Waals surface area contributed by atoms with Crippen molar-refractivity contribution in [1.29, 1.82) is 0 Å². The number of benzene rings is 3. The number of piperidine rings is 1. The second-order valence-electron chi connectivity index (χ2n) is 10.6. The Labute approximate surface area is 225 Å². The van der Waals surface area contributed by atoms with Crippen molar-refractivity contribution in [2.24, 2.45) is 5.92 Å². The summed E-state index contributed by atoms with van der Waals surface area (Å²) in [6.45, 7) is 3.42. The lowest BCUT2D eigenvalue weighted by Gasteiger charge is -2.25. The molecule has 0 spiro atoms. The summed E-state index contributed by atoms with van der Waals surface area (Å²) in [4.78, 5) is 19.8. The topological polar surface area (TPSA) is 60.2 Å². The minimum atomic E-state index is -0.274. The first kappa shape index (κ1) is 23.6. The van der Waals surface area contributed by atoms with E-state index in [-0.39, 0.29) is 17.1 Å². The van der Waals surface area contributed by atoms with Gasteiger partial charge in [-0.3, -0.25) is 9.78 Å². The number of fused-ring (bicyclic) bond motifs is 2. The molecule has 7 rings (SSSR count). The third-order valence-corrected chi connectivity index (χ3v) is 8.50. The Balaban J connectivity index is 1.29. The number of carbonyl (C=O) groups is 1. The number of methoxy groups -OCH3 is 1. The van der Waals surface area contributed by atoms with Gasteiger partial charge in [-0.2, -0.15) is 5.10 Å². The first-order valence-electron chi connectivity index (χ1n) is 13.1. The molecule has 39 heavy (non-hydrogen) atoms. The summed E-state index contributed by atoms with van der Waals surface area (Å²) < 4.78 is 20.7. The lowest BCUT2D eigenvalue weighted by molar-refractivity contribution is 0.0763. The summed E-state index contributed by atoms with van der Waals surface area (Å²) in [5.41, 5.74) is 5.70. The van der Waals surface area contributed by atoms with Crippen molar-refractivity contribution in [1.82, 2.24) is 19.7 Å². The molecule has 3 aromatic carbocycles. The molecule has 5 aromatic rings. The molecule has 1 saturated carbocycles. The fourth-order valence-electron chi connectivity index (χ4n) is 6.70. The van der Waals surface area contributed by atoms with Gasteiger partial charge in [0, 0.05) is 42.1 Å². The van der Waals surface area contributed by atoms with Crippen LogP contribution in [0.25, 0.3) is 16.6 Å². The summed E-state index contributed by atoms with van der Waals surface area (Å²) >= 11 is 0. The summed E-state index contributed by atoms with van der Waals surface area (Å²) in [6.07, 6.45) is 3.48. The van der Waals surface area contributed by atoms with E-state index in [4.69, 9.17) is 4.74 Å². The highest BCUT2D eigenvalue weighted by Gasteiger charge is 2.71. The van der Waals surface area contributed by atoms with Crippen molar-refractivity contribution in [3.63, 3.8) is 0 Å². The van der Waals surface area contributed by atoms with E-state index >= 15 is 0 Å². The molecule has 3 heterocycles. The quantitative estimate of drug-likeness (QED) is 0.300. The van der Waals surface area contributed by atoms with E-state index in [1.165, 1.54) is 23.3 Å². The number of aryl methyl sites for hydroxylation is 1. The molecule has 0 unspecified atom stereocenters. The number of aromatic nitrogens is 3. The van der Waals surface area contributed by atoms with Crippen LogP contribution in [0, 0.1) is 18.7 Å². The predicted octanol–water partition coefficient (Wildman–Crippen LogP) is 5.68. The number of ether oxygens (including phenoxy) is 1. The number of amides is 1. The molecule has 0 N–H and O–H groups in total. The predicted molar refractivity (Wildman–Crippen MR) is 147 cm³/mol. The lowest BCUT2D eigenvalue weighted by atomic mass is 9.86. The van der Waals surface area contributed by atoms with Crippen molar-refractivity contribution < 1.29 is 13.9 Å². The number of likely N-dealkylation sites (tertiary alicyclic amines) is 1. The molecule has 6 nitrogen and oxygen atoms in total. The van der Waals surface area contributed by atoms with Crippen LogP contribution >= 0.6 is 0 Å². The molecule has 0 radical (unpaired) electrons. The molecule has 194 valence electrons. The molecule has 7 heteroatoms. The molecular formula is C32H27FN4O2. The van der Waals surface area contributed by atoms with E-state index in [1.54, 1.807) is 37.6 Å². The van der Waals surface area contributed by atoms with Gasteiger partial charge in [0.05, 0.1) is 24.5 Å². The number of halogens is 1. The van der Waals surface area contributed by atoms with Crippen LogP contribution in [0.5, 0.6) is 5.75 Å². The summed E-state index contributed by atoms with van der Waals surface area (Å²) in [6, 6.07) is 24.8. The van der Waals surface area contributed by atoms with Crippen LogP contribution in [-0.4, -0.2) is 45.8 Å². The Morgan fingerprint density at radius 2 is 1.85 bits per heavy atom. The fourth-order valence-corrected chi connectivity index (χ4v) is 6.70. The van der Waals surface area contributed by atoms with E-state index in [9.17, 15) is 9.18 Å². The third kappa shape index (κ3) is 3.64. The van der Waals surface area contributed by atoms with Crippen molar-refractivity contribution in [3.05, 3.63) is 119 Å². The normalized spacial score (nSPS) is 21.7. The Kier molecular flexibility index (Phi) is 5.30. The second-order valence-corrected chi connectivity index (χ2v) is 10.6. The minimum absolute atomic E-state index is 0.0739. The zero-order chi connectivity index (χ0) is 26.7. The molecule has 1 saturated heterocycles. The largest absolute Gasteiger partial charge is 0.497 e.